The molecule has 5 nitrogen and oxygen atoms in total. The number of carboxylic acid groups (broad SMARTS) is 1. The molecule has 0 saturated carbocycles. The highest BCUT2D eigenvalue weighted by Crippen LogP contribution is 2.17. The van der Waals surface area contributed by atoms with Gasteiger partial charge in [-0.2, -0.15) is 0 Å². The smallest absolute Gasteiger partial charge is 0.320 e. The molecule has 5 heteroatoms. The number of nitrogens with zero attached hydrogens (tertiary/aromatic N) is 1. The average molecular weight is 226 g/mol. The van der Waals surface area contributed by atoms with E-state index in [2.05, 4.69) is 5.32 Å². The van der Waals surface area contributed by atoms with Crippen LogP contribution in [0, 0.1) is 0 Å². The van der Waals surface area contributed by atoms with Crippen LogP contribution in [0.25, 0.3) is 0 Å². The number of hydrogen-bond acceptors (Lipinski definition) is 3. The Kier molecular flexibility index (Phi) is 3.43. The topological polar surface area (TPSA) is 69.6 Å². The third-order valence-electron chi connectivity index (χ3n) is 3.41. The van der Waals surface area contributed by atoms with Crippen LogP contribution < -0.4 is 5.32 Å². The molecule has 0 bridgehead atoms. The number of nitrogens with one attached hydrogen (secondary N) is 1. The molecule has 2 N–H and O–H groups in total. The van der Waals surface area contributed by atoms with Gasteiger partial charge in [-0.3, -0.25) is 14.9 Å². The van der Waals surface area contributed by atoms with Crippen molar-refractivity contribution < 1.29 is 14.7 Å². The summed E-state index contributed by atoms with van der Waals surface area (Å²) in [7, 11) is 0. The van der Waals surface area contributed by atoms with E-state index >= 15 is 0 Å². The van der Waals surface area contributed by atoms with Crippen molar-refractivity contribution in [1.82, 2.24) is 10.2 Å². The maximum atomic E-state index is 12.0. The molecule has 2 aliphatic rings. The molecule has 0 unspecified atom stereocenters. The molecule has 2 heterocycles. The van der Waals surface area contributed by atoms with Crippen molar-refractivity contribution in [1.29, 1.82) is 0 Å². The van der Waals surface area contributed by atoms with Crippen molar-refractivity contribution in [2.24, 2.45) is 0 Å². The highest BCUT2D eigenvalue weighted by Gasteiger charge is 2.35. The Morgan fingerprint density at radius 1 is 1.06 bits per heavy atom. The fourth-order valence-electron chi connectivity index (χ4n) is 2.47. The lowest BCUT2D eigenvalue weighted by atomic mass is 10.1. The van der Waals surface area contributed by atoms with E-state index < -0.39 is 12.0 Å². The highest BCUT2D eigenvalue weighted by atomic mass is 16.4. The van der Waals surface area contributed by atoms with Crippen LogP contribution >= 0.6 is 0 Å². The first-order valence-electron chi connectivity index (χ1n) is 5.96. The van der Waals surface area contributed by atoms with E-state index in [1.807, 2.05) is 4.90 Å². The first-order valence-corrected chi connectivity index (χ1v) is 5.96. The zero-order chi connectivity index (χ0) is 11.5. The molecule has 0 spiro atoms. The maximum absolute atomic E-state index is 12.0. The van der Waals surface area contributed by atoms with Gasteiger partial charge in [0.05, 0.1) is 6.04 Å². The monoisotopic (exact) mass is 226 g/mol. The normalized spacial score (nSPS) is 30.4. The SMILES string of the molecule is O=C(O)[C@H]1CC[C@@H](C(=O)N2CCCCC2)N1. The van der Waals surface area contributed by atoms with Gasteiger partial charge in [0.15, 0.2) is 0 Å². The molecule has 0 aromatic carbocycles. The lowest BCUT2D eigenvalue weighted by Crippen LogP contribution is -2.48. The molecule has 2 fully saturated rings. The second-order valence-corrected chi connectivity index (χ2v) is 4.57. The van der Waals surface area contributed by atoms with Crippen molar-refractivity contribution >= 4 is 11.9 Å². The summed E-state index contributed by atoms with van der Waals surface area (Å²) in [5.41, 5.74) is 0. The number of aliphatic carboxylic acids is 1. The Hall–Kier alpha value is -1.10. The third kappa shape index (κ3) is 2.35. The minimum absolute atomic E-state index is 0.0865. The molecule has 2 rings (SSSR count). The van der Waals surface area contributed by atoms with E-state index in [4.69, 9.17) is 5.11 Å². The molecule has 0 aliphatic carbocycles. The Morgan fingerprint density at radius 3 is 2.25 bits per heavy atom. The summed E-state index contributed by atoms with van der Waals surface area (Å²) in [4.78, 5) is 24.7. The standard InChI is InChI=1S/C11H18N2O3/c14-10(13-6-2-1-3-7-13)8-4-5-9(12-8)11(15)16/h8-9,12H,1-7H2,(H,15,16)/t8-,9+/m0/s1. The van der Waals surface area contributed by atoms with Crippen molar-refractivity contribution in [3.8, 4) is 0 Å². The number of carboxylic acids is 1. The number of likely N-dealkylation sites (tertiary alicyclic amines) is 1. The number of carbonyl (C=O) groups excluding carboxylic acids is 1. The molecule has 0 aromatic rings. The third-order valence-corrected chi connectivity index (χ3v) is 3.41. The number of piperidine rings is 1. The predicted octanol–water partition coefficient (Wildman–Crippen LogP) is 0.204. The van der Waals surface area contributed by atoms with E-state index in [9.17, 15) is 9.59 Å². The Balaban J connectivity index is 1.88. The molecule has 2 aliphatic heterocycles. The van der Waals surface area contributed by atoms with Gasteiger partial charge in [-0.15, -0.1) is 0 Å². The van der Waals surface area contributed by atoms with E-state index in [1.165, 1.54) is 6.42 Å². The van der Waals surface area contributed by atoms with Gasteiger partial charge in [0.1, 0.15) is 6.04 Å². The Bertz CT molecular complexity index is 287. The van der Waals surface area contributed by atoms with E-state index in [0.717, 1.165) is 25.9 Å². The first-order chi connectivity index (χ1) is 7.68. The second-order valence-electron chi connectivity index (χ2n) is 4.57. The molecule has 0 aromatic heterocycles. The lowest BCUT2D eigenvalue weighted by molar-refractivity contribution is -0.139. The summed E-state index contributed by atoms with van der Waals surface area (Å²) in [5.74, 6) is -0.766. The van der Waals surface area contributed by atoms with Crippen LogP contribution in [0.15, 0.2) is 0 Å². The van der Waals surface area contributed by atoms with Gasteiger partial charge < -0.3 is 10.0 Å². The summed E-state index contributed by atoms with van der Waals surface area (Å²) in [6, 6.07) is -0.821. The van der Waals surface area contributed by atoms with Gasteiger partial charge in [0, 0.05) is 13.1 Å². The predicted molar refractivity (Wildman–Crippen MR) is 58.0 cm³/mol. The summed E-state index contributed by atoms with van der Waals surface area (Å²) >= 11 is 0. The van der Waals surface area contributed by atoms with Crippen molar-refractivity contribution in [2.75, 3.05) is 13.1 Å². The van der Waals surface area contributed by atoms with Gasteiger partial charge in [0.25, 0.3) is 0 Å². The molecule has 0 radical (unpaired) electrons. The average Bonchev–Trinajstić information content (AvgIpc) is 2.78. The van der Waals surface area contributed by atoms with Crippen LogP contribution in [-0.4, -0.2) is 47.1 Å². The molecule has 1 amide bonds. The van der Waals surface area contributed by atoms with Gasteiger partial charge in [0.2, 0.25) is 5.91 Å². The van der Waals surface area contributed by atoms with Crippen molar-refractivity contribution in [2.45, 2.75) is 44.2 Å². The molecular formula is C11H18N2O3. The Labute approximate surface area is 94.8 Å². The van der Waals surface area contributed by atoms with Gasteiger partial charge >= 0.3 is 5.97 Å². The Morgan fingerprint density at radius 2 is 1.69 bits per heavy atom. The summed E-state index contributed by atoms with van der Waals surface area (Å²) in [6.45, 7) is 1.66. The second kappa shape index (κ2) is 4.82. The van der Waals surface area contributed by atoms with E-state index in [1.54, 1.807) is 0 Å². The van der Waals surface area contributed by atoms with Gasteiger partial charge in [-0.25, -0.2) is 0 Å². The van der Waals surface area contributed by atoms with Crippen LogP contribution in [0.5, 0.6) is 0 Å². The van der Waals surface area contributed by atoms with Crippen LogP contribution in [0.3, 0.4) is 0 Å². The molecule has 2 saturated heterocycles. The van der Waals surface area contributed by atoms with E-state index in [0.29, 0.717) is 12.8 Å². The maximum Gasteiger partial charge on any atom is 0.320 e. The zero-order valence-corrected chi connectivity index (χ0v) is 9.32. The van der Waals surface area contributed by atoms with Crippen molar-refractivity contribution in [3.63, 3.8) is 0 Å². The fraction of sp³-hybridized carbons (Fsp3) is 0.818. The minimum atomic E-state index is -0.853. The summed E-state index contributed by atoms with van der Waals surface area (Å²) in [5, 5.41) is 11.7. The molecular weight excluding hydrogens is 208 g/mol. The van der Waals surface area contributed by atoms with Gasteiger partial charge in [-0.1, -0.05) is 0 Å². The summed E-state index contributed by atoms with van der Waals surface area (Å²) < 4.78 is 0. The largest absolute Gasteiger partial charge is 0.480 e. The van der Waals surface area contributed by atoms with E-state index in [-0.39, 0.29) is 11.9 Å². The molecule has 16 heavy (non-hydrogen) atoms. The molecule has 90 valence electrons. The number of carbonyl (C=O) groups is 2. The molecule has 2 atom stereocenters. The lowest BCUT2D eigenvalue weighted by Gasteiger charge is -2.29. The zero-order valence-electron chi connectivity index (χ0n) is 9.32. The van der Waals surface area contributed by atoms with Crippen LogP contribution in [0.4, 0.5) is 0 Å². The summed E-state index contributed by atoms with van der Waals surface area (Å²) in [6.07, 6.45) is 4.53. The van der Waals surface area contributed by atoms with Crippen LogP contribution in [0.2, 0.25) is 0 Å². The van der Waals surface area contributed by atoms with Crippen molar-refractivity contribution in [3.05, 3.63) is 0 Å². The fourth-order valence-corrected chi connectivity index (χ4v) is 2.47. The van der Waals surface area contributed by atoms with Crippen LogP contribution in [0.1, 0.15) is 32.1 Å². The number of amides is 1. The first kappa shape index (κ1) is 11.4. The number of hydrogen-bond donors (Lipinski definition) is 2. The minimum Gasteiger partial charge on any atom is -0.480 e. The van der Waals surface area contributed by atoms with Gasteiger partial charge in [-0.05, 0) is 32.1 Å². The van der Waals surface area contributed by atoms with Crippen LogP contribution in [-0.2, 0) is 9.59 Å². The highest BCUT2D eigenvalue weighted by molar-refractivity contribution is 5.84. The quantitative estimate of drug-likeness (QED) is 0.706. The number of rotatable bonds is 2.